The molecule has 1 aromatic carbocycles. The average Bonchev–Trinajstić information content (AvgIpc) is 2.15. The Morgan fingerprint density at radius 1 is 1.35 bits per heavy atom. The second-order valence-electron chi connectivity index (χ2n) is 4.73. The van der Waals surface area contributed by atoms with E-state index in [0.29, 0.717) is 0 Å². The fraction of sp³-hybridized carbons (Fsp3) is 0.417. The number of alkyl halides is 1. The minimum absolute atomic E-state index is 0.231. The quantitative estimate of drug-likeness (QED) is 0.834. The molecule has 1 N–H and O–H groups in total. The molecule has 2 nitrogen and oxygen atoms in total. The van der Waals surface area contributed by atoms with Gasteiger partial charge in [0.1, 0.15) is 17.2 Å². The highest BCUT2D eigenvalue weighted by molar-refractivity contribution is 9.08. The van der Waals surface area contributed by atoms with Crippen LogP contribution in [-0.2, 0) is 5.33 Å². The topological polar surface area (TPSA) is 29.1 Å². The van der Waals surface area contributed by atoms with E-state index in [2.05, 4.69) is 21.2 Å². The summed E-state index contributed by atoms with van der Waals surface area (Å²) in [5.74, 6) is -2.41. The van der Waals surface area contributed by atoms with Crippen molar-refractivity contribution in [3.63, 3.8) is 0 Å². The maximum atomic E-state index is 13.8. The molecule has 0 aliphatic rings. The first-order valence-electron chi connectivity index (χ1n) is 5.11. The predicted octanol–water partition coefficient (Wildman–Crippen LogP) is 3.39. The first-order valence-corrected chi connectivity index (χ1v) is 6.24. The van der Waals surface area contributed by atoms with E-state index in [1.165, 1.54) is 6.07 Å². The SMILES string of the molecule is CC(C)(C)NC(=O)c1c(F)ccc(CBr)c1F. The highest BCUT2D eigenvalue weighted by Crippen LogP contribution is 2.19. The van der Waals surface area contributed by atoms with E-state index in [-0.39, 0.29) is 10.9 Å². The summed E-state index contributed by atoms with van der Waals surface area (Å²) in [6.07, 6.45) is 0. The molecule has 0 heterocycles. The zero-order valence-electron chi connectivity index (χ0n) is 9.90. The molecule has 1 rings (SSSR count). The normalized spacial score (nSPS) is 11.4. The Hall–Kier alpha value is -0.970. The van der Waals surface area contributed by atoms with Crippen molar-refractivity contribution in [2.75, 3.05) is 0 Å². The van der Waals surface area contributed by atoms with E-state index < -0.39 is 28.6 Å². The minimum atomic E-state index is -0.853. The van der Waals surface area contributed by atoms with Gasteiger partial charge in [-0.25, -0.2) is 8.78 Å². The van der Waals surface area contributed by atoms with E-state index in [9.17, 15) is 13.6 Å². The van der Waals surface area contributed by atoms with Gasteiger partial charge in [0.05, 0.1) is 0 Å². The lowest BCUT2D eigenvalue weighted by molar-refractivity contribution is 0.0910. The number of rotatable bonds is 2. The van der Waals surface area contributed by atoms with Gasteiger partial charge in [0, 0.05) is 10.9 Å². The lowest BCUT2D eigenvalue weighted by Crippen LogP contribution is -2.41. The van der Waals surface area contributed by atoms with E-state index in [0.717, 1.165) is 6.07 Å². The van der Waals surface area contributed by atoms with Crippen LogP contribution in [0.1, 0.15) is 36.7 Å². The molecule has 0 saturated heterocycles. The number of amides is 1. The van der Waals surface area contributed by atoms with Gasteiger partial charge in [0.2, 0.25) is 0 Å². The second kappa shape index (κ2) is 5.12. The van der Waals surface area contributed by atoms with E-state index in [4.69, 9.17) is 0 Å². The van der Waals surface area contributed by atoms with Crippen LogP contribution in [0.15, 0.2) is 12.1 Å². The molecule has 1 amide bonds. The molecule has 0 aliphatic carbocycles. The lowest BCUT2D eigenvalue weighted by atomic mass is 10.1. The van der Waals surface area contributed by atoms with Gasteiger partial charge < -0.3 is 5.32 Å². The fourth-order valence-electron chi connectivity index (χ4n) is 1.31. The molecule has 17 heavy (non-hydrogen) atoms. The van der Waals surface area contributed by atoms with Gasteiger partial charge in [-0.15, -0.1) is 0 Å². The van der Waals surface area contributed by atoms with Crippen LogP contribution in [0.3, 0.4) is 0 Å². The summed E-state index contributed by atoms with van der Waals surface area (Å²) in [6, 6.07) is 2.41. The first-order chi connectivity index (χ1) is 7.76. The van der Waals surface area contributed by atoms with Gasteiger partial charge in [0.15, 0.2) is 0 Å². The van der Waals surface area contributed by atoms with Crippen LogP contribution in [0.5, 0.6) is 0 Å². The molecule has 0 aromatic heterocycles. The van der Waals surface area contributed by atoms with Crippen LogP contribution in [-0.4, -0.2) is 11.4 Å². The van der Waals surface area contributed by atoms with Crippen molar-refractivity contribution in [3.05, 3.63) is 34.9 Å². The van der Waals surface area contributed by atoms with Gasteiger partial charge in [0.25, 0.3) is 5.91 Å². The number of hydrogen-bond acceptors (Lipinski definition) is 1. The lowest BCUT2D eigenvalue weighted by Gasteiger charge is -2.21. The zero-order valence-corrected chi connectivity index (χ0v) is 11.5. The van der Waals surface area contributed by atoms with Crippen molar-refractivity contribution in [1.82, 2.24) is 5.32 Å². The van der Waals surface area contributed by atoms with Gasteiger partial charge in [-0.3, -0.25) is 4.79 Å². The van der Waals surface area contributed by atoms with Crippen molar-refractivity contribution in [2.24, 2.45) is 0 Å². The Kier molecular flexibility index (Phi) is 4.25. The highest BCUT2D eigenvalue weighted by Gasteiger charge is 2.23. The summed E-state index contributed by atoms with van der Waals surface area (Å²) < 4.78 is 27.3. The van der Waals surface area contributed by atoms with Gasteiger partial charge in [-0.2, -0.15) is 0 Å². The minimum Gasteiger partial charge on any atom is -0.347 e. The van der Waals surface area contributed by atoms with Gasteiger partial charge >= 0.3 is 0 Å². The molecular formula is C12H14BrF2NO. The fourth-order valence-corrected chi connectivity index (χ4v) is 1.74. The third-order valence-corrected chi connectivity index (χ3v) is 2.63. The molecule has 94 valence electrons. The van der Waals surface area contributed by atoms with Crippen LogP contribution in [0.4, 0.5) is 8.78 Å². The number of halogens is 3. The van der Waals surface area contributed by atoms with Crippen LogP contribution in [0.2, 0.25) is 0 Å². The molecule has 0 spiro atoms. The van der Waals surface area contributed by atoms with Crippen LogP contribution >= 0.6 is 15.9 Å². The molecule has 0 atom stereocenters. The summed E-state index contributed by atoms with van der Waals surface area (Å²) in [6.45, 7) is 5.24. The van der Waals surface area contributed by atoms with Crippen LogP contribution in [0, 0.1) is 11.6 Å². The summed E-state index contributed by atoms with van der Waals surface area (Å²) >= 11 is 3.08. The van der Waals surface area contributed by atoms with Gasteiger partial charge in [-0.1, -0.05) is 22.0 Å². The highest BCUT2D eigenvalue weighted by atomic mass is 79.9. The standard InChI is InChI=1S/C12H14BrF2NO/c1-12(2,3)16-11(17)9-8(14)5-4-7(6-13)10(9)15/h4-5H,6H2,1-3H3,(H,16,17). The van der Waals surface area contributed by atoms with Crippen LogP contribution in [0.25, 0.3) is 0 Å². The maximum Gasteiger partial charge on any atom is 0.257 e. The Bertz CT molecular complexity index is 441. The molecule has 0 unspecified atom stereocenters. The predicted molar refractivity (Wildman–Crippen MR) is 66.2 cm³/mol. The summed E-state index contributed by atoms with van der Waals surface area (Å²) in [5.41, 5.74) is -0.817. The van der Waals surface area contributed by atoms with Crippen molar-refractivity contribution < 1.29 is 13.6 Å². The molecule has 1 aromatic rings. The third-order valence-electron chi connectivity index (χ3n) is 2.03. The Morgan fingerprint density at radius 3 is 2.41 bits per heavy atom. The van der Waals surface area contributed by atoms with Gasteiger partial charge in [-0.05, 0) is 32.4 Å². The first kappa shape index (κ1) is 14.1. The smallest absolute Gasteiger partial charge is 0.257 e. The maximum absolute atomic E-state index is 13.8. The average molecular weight is 306 g/mol. The molecule has 0 saturated carbocycles. The Balaban J connectivity index is 3.17. The van der Waals surface area contributed by atoms with Crippen molar-refractivity contribution in [2.45, 2.75) is 31.6 Å². The molecule has 0 aliphatic heterocycles. The van der Waals surface area contributed by atoms with Crippen molar-refractivity contribution >= 4 is 21.8 Å². The summed E-state index contributed by atoms with van der Waals surface area (Å²) in [5, 5.41) is 2.77. The number of carbonyl (C=O) groups excluding carboxylic acids is 1. The number of benzene rings is 1. The van der Waals surface area contributed by atoms with E-state index in [1.807, 2.05) is 0 Å². The summed E-state index contributed by atoms with van der Waals surface area (Å²) in [7, 11) is 0. The zero-order chi connectivity index (χ0) is 13.2. The van der Waals surface area contributed by atoms with Crippen molar-refractivity contribution in [3.8, 4) is 0 Å². The number of hydrogen-bond donors (Lipinski definition) is 1. The second-order valence-corrected chi connectivity index (χ2v) is 5.29. The molecule has 0 bridgehead atoms. The summed E-state index contributed by atoms with van der Waals surface area (Å²) in [4.78, 5) is 11.8. The largest absolute Gasteiger partial charge is 0.347 e. The van der Waals surface area contributed by atoms with E-state index >= 15 is 0 Å². The molecular weight excluding hydrogens is 292 g/mol. The Morgan fingerprint density at radius 2 is 1.94 bits per heavy atom. The number of carbonyl (C=O) groups is 1. The third kappa shape index (κ3) is 3.49. The van der Waals surface area contributed by atoms with Crippen molar-refractivity contribution in [1.29, 1.82) is 0 Å². The molecule has 5 heteroatoms. The van der Waals surface area contributed by atoms with Crippen LogP contribution < -0.4 is 5.32 Å². The van der Waals surface area contributed by atoms with E-state index in [1.54, 1.807) is 20.8 Å². The monoisotopic (exact) mass is 305 g/mol. The Labute approximate surface area is 108 Å². The number of nitrogens with one attached hydrogen (secondary N) is 1. The molecule has 0 radical (unpaired) electrons. The molecule has 0 fully saturated rings.